The van der Waals surface area contributed by atoms with Gasteiger partial charge in [-0.2, -0.15) is 28.2 Å². The van der Waals surface area contributed by atoms with E-state index >= 15 is 0 Å². The smallest absolute Gasteiger partial charge is 0.475 e. The van der Waals surface area contributed by atoms with Crippen molar-refractivity contribution < 1.29 is 43.2 Å². The van der Waals surface area contributed by atoms with Crippen LogP contribution in [0, 0.1) is 0 Å². The van der Waals surface area contributed by atoms with Gasteiger partial charge in [-0.3, -0.25) is 4.68 Å². The van der Waals surface area contributed by atoms with Crippen molar-refractivity contribution in [2.45, 2.75) is 68.3 Å². The highest BCUT2D eigenvalue weighted by atomic mass is 19.4. The van der Waals surface area contributed by atoms with Crippen LogP contribution in [0.1, 0.15) is 54.0 Å². The van der Waals surface area contributed by atoms with Crippen molar-refractivity contribution in [2.75, 3.05) is 48.3 Å². The zero-order chi connectivity index (χ0) is 45.2. The number of halogens is 3. The topological polar surface area (TPSA) is 241 Å². The molecule has 4 aromatic heterocycles. The highest BCUT2D eigenvalue weighted by molar-refractivity contribution is 5.84. The van der Waals surface area contributed by atoms with Gasteiger partial charge in [0.05, 0.1) is 31.2 Å². The molecule has 18 nitrogen and oxygen atoms in total. The van der Waals surface area contributed by atoms with Gasteiger partial charge >= 0.3 is 18.2 Å². The van der Waals surface area contributed by atoms with Crippen LogP contribution in [-0.2, 0) is 11.4 Å². The molecule has 2 aliphatic rings. The summed E-state index contributed by atoms with van der Waals surface area (Å²) in [5.41, 5.74) is 3.89. The van der Waals surface area contributed by atoms with Crippen molar-refractivity contribution in [1.82, 2.24) is 44.9 Å². The maximum Gasteiger partial charge on any atom is 0.490 e. The van der Waals surface area contributed by atoms with E-state index in [2.05, 4.69) is 60.5 Å². The summed E-state index contributed by atoms with van der Waals surface area (Å²) >= 11 is 0. The van der Waals surface area contributed by atoms with Gasteiger partial charge in [-0.05, 0) is 42.5 Å². The average molecular weight is 887 g/mol. The lowest BCUT2D eigenvalue weighted by Gasteiger charge is -2.33. The number of carbonyl (C=O) groups is 2. The van der Waals surface area contributed by atoms with Gasteiger partial charge in [0.25, 0.3) is 0 Å². The van der Waals surface area contributed by atoms with E-state index in [-0.39, 0.29) is 24.6 Å². The van der Waals surface area contributed by atoms with Gasteiger partial charge in [-0.25, -0.2) is 19.6 Å². The van der Waals surface area contributed by atoms with E-state index in [9.17, 15) is 33.3 Å². The van der Waals surface area contributed by atoms with Crippen molar-refractivity contribution in [3.8, 4) is 0 Å². The van der Waals surface area contributed by atoms with E-state index in [1.165, 1.54) is 0 Å². The summed E-state index contributed by atoms with van der Waals surface area (Å²) in [5.74, 6) is -0.978. The molecule has 6 aromatic rings. The summed E-state index contributed by atoms with van der Waals surface area (Å²) in [6.07, 6.45) is 1.31. The maximum absolute atomic E-state index is 12.9. The first-order chi connectivity index (χ1) is 30.9. The Morgan fingerprint density at radius 1 is 0.844 bits per heavy atom. The summed E-state index contributed by atoms with van der Waals surface area (Å²) in [6.45, 7) is 2.64. The lowest BCUT2D eigenvalue weighted by molar-refractivity contribution is -0.192. The molecule has 21 heteroatoms. The number of fused-ring (bicyclic) bond motifs is 1. The number of carboxylic acids is 1. The number of carbonyl (C=O) groups excluding carboxylic acids is 1. The Kier molecular flexibility index (Phi) is 14.5. The van der Waals surface area contributed by atoms with Gasteiger partial charge in [0.15, 0.2) is 17.0 Å². The van der Waals surface area contributed by atoms with Crippen molar-refractivity contribution in [3.63, 3.8) is 0 Å². The summed E-state index contributed by atoms with van der Waals surface area (Å²) in [5, 5.41) is 56.4. The zero-order valence-electron chi connectivity index (χ0n) is 34.5. The van der Waals surface area contributed by atoms with E-state index in [0.717, 1.165) is 42.9 Å². The fourth-order valence-corrected chi connectivity index (χ4v) is 7.90. The first-order valence-corrected chi connectivity index (χ1v) is 20.7. The maximum atomic E-state index is 12.9. The molecule has 2 amide bonds. The summed E-state index contributed by atoms with van der Waals surface area (Å²) in [7, 11) is 0. The molecule has 64 heavy (non-hydrogen) atoms. The van der Waals surface area contributed by atoms with E-state index in [4.69, 9.17) is 24.9 Å². The summed E-state index contributed by atoms with van der Waals surface area (Å²) < 4.78 is 35.1. The number of rotatable bonds is 14. The second kappa shape index (κ2) is 20.6. The quantitative estimate of drug-likeness (QED) is 0.0720. The Labute approximate surface area is 365 Å². The monoisotopic (exact) mass is 886 g/mol. The number of alkyl halides is 3. The number of nitrogens with one attached hydrogen (secondary N) is 4. The Balaban J connectivity index is 0.000000809. The third-order valence-corrected chi connectivity index (χ3v) is 11.2. The lowest BCUT2D eigenvalue weighted by atomic mass is 9.91. The van der Waals surface area contributed by atoms with Gasteiger partial charge in [-0.1, -0.05) is 66.7 Å². The molecule has 8 N–H and O–H groups in total. The number of aliphatic hydroxyl groups excluding tert-OH is 3. The second-order valence-electron chi connectivity index (χ2n) is 15.4. The van der Waals surface area contributed by atoms with Crippen LogP contribution in [0.2, 0.25) is 0 Å². The minimum absolute atomic E-state index is 0.00584. The zero-order valence-corrected chi connectivity index (χ0v) is 34.5. The number of urea groups is 1. The van der Waals surface area contributed by atoms with Crippen molar-refractivity contribution in [3.05, 3.63) is 120 Å². The van der Waals surface area contributed by atoms with Crippen molar-refractivity contribution in [1.29, 1.82) is 0 Å². The number of pyridine rings is 1. The minimum Gasteiger partial charge on any atom is -0.475 e. The molecule has 338 valence electrons. The fourth-order valence-electron chi connectivity index (χ4n) is 7.90. The molecular weight excluding hydrogens is 838 g/mol. The Bertz CT molecular complexity index is 2400. The highest BCUT2D eigenvalue weighted by Crippen LogP contribution is 2.40. The van der Waals surface area contributed by atoms with Crippen LogP contribution < -0.4 is 26.2 Å². The van der Waals surface area contributed by atoms with E-state index < -0.39 is 36.4 Å². The van der Waals surface area contributed by atoms with E-state index in [1.54, 1.807) is 34.2 Å². The SMILES string of the molecule is O=C(NCCNc1nc(NCC(c2ccccc2)c2ccccc2)c2ncn([C@@H]3C[C@H](n4cc(CO)cn4)[C@@H](O)[C@H]3O)c2n1)NC1CCN(c2ccccn2)CC1.O=C(O)C(F)(F)F. The molecule has 8 rings (SSSR count). The van der Waals surface area contributed by atoms with Crippen LogP contribution in [-0.4, -0.2) is 124 Å². The number of benzene rings is 2. The molecular formula is C43H49F3N12O6. The average Bonchev–Trinajstić information content (AvgIpc) is 4.04. The molecule has 2 aromatic carbocycles. The number of aromatic nitrogens is 7. The Morgan fingerprint density at radius 3 is 2.11 bits per heavy atom. The van der Waals surface area contributed by atoms with Gasteiger partial charge in [0.2, 0.25) is 5.95 Å². The molecule has 0 radical (unpaired) electrons. The highest BCUT2D eigenvalue weighted by Gasteiger charge is 2.44. The number of hydrogen-bond acceptors (Lipinski definition) is 13. The number of anilines is 3. The predicted molar refractivity (Wildman–Crippen MR) is 230 cm³/mol. The third kappa shape index (κ3) is 11.0. The first-order valence-electron chi connectivity index (χ1n) is 20.7. The van der Waals surface area contributed by atoms with Gasteiger partial charge < -0.3 is 51.2 Å². The number of piperidine rings is 1. The summed E-state index contributed by atoms with van der Waals surface area (Å²) in [6, 6.07) is 25.2. The normalized spacial score (nSPS) is 19.0. The molecule has 0 bridgehead atoms. The minimum atomic E-state index is -5.08. The molecule has 1 saturated carbocycles. The lowest BCUT2D eigenvalue weighted by Crippen LogP contribution is -2.48. The second-order valence-corrected chi connectivity index (χ2v) is 15.4. The third-order valence-electron chi connectivity index (χ3n) is 11.2. The van der Waals surface area contributed by atoms with Gasteiger partial charge in [0, 0.05) is 62.6 Å². The molecule has 1 aliphatic heterocycles. The van der Waals surface area contributed by atoms with Crippen LogP contribution in [0.25, 0.3) is 11.2 Å². The van der Waals surface area contributed by atoms with Crippen LogP contribution >= 0.6 is 0 Å². The Hall–Kier alpha value is -6.84. The van der Waals surface area contributed by atoms with Gasteiger partial charge in [-0.15, -0.1) is 0 Å². The van der Waals surface area contributed by atoms with E-state index in [1.807, 2.05) is 54.6 Å². The standard InChI is InChI=1S/C41H48N12O4.C2HF3O2/c54-25-27-22-47-53(24-27)33-21-32(36(55)37(33)56)52-26-46-35-38(45-23-31(28-9-3-1-4-10-28)29-11-5-2-6-12-29)49-40(50-39(35)52)43-17-18-44-41(57)48-30-14-19-51(20-15-30)34-13-7-8-16-42-34;3-2(4,5)1(6)7/h1-13,16,22,24,26,30-33,36-37,54-56H,14-15,17-21,23,25H2,(H2,44,48,57)(H2,43,45,49,50);(H,6,7)/t32-,33+,36+,37-;/m1./s1. The predicted octanol–water partition coefficient (Wildman–Crippen LogP) is 4.08. The van der Waals surface area contributed by atoms with Crippen LogP contribution in [0.15, 0.2) is 104 Å². The van der Waals surface area contributed by atoms with Crippen molar-refractivity contribution in [2.24, 2.45) is 0 Å². The number of hydrogen-bond donors (Lipinski definition) is 8. The number of carboxylic acid groups (broad SMARTS) is 1. The largest absolute Gasteiger partial charge is 0.490 e. The number of amides is 2. The Morgan fingerprint density at radius 2 is 1.50 bits per heavy atom. The van der Waals surface area contributed by atoms with Crippen molar-refractivity contribution >= 4 is 40.7 Å². The van der Waals surface area contributed by atoms with Gasteiger partial charge in [0.1, 0.15) is 18.0 Å². The molecule has 5 heterocycles. The van der Waals surface area contributed by atoms with Crippen LogP contribution in [0.5, 0.6) is 0 Å². The van der Waals surface area contributed by atoms with Crippen LogP contribution in [0.4, 0.5) is 35.5 Å². The molecule has 0 unspecified atom stereocenters. The number of aliphatic hydroxyl groups is 3. The van der Waals surface area contributed by atoms with Crippen LogP contribution in [0.3, 0.4) is 0 Å². The molecule has 0 spiro atoms. The molecule has 2 fully saturated rings. The summed E-state index contributed by atoms with van der Waals surface area (Å²) in [4.78, 5) is 42.9. The number of aliphatic carboxylic acids is 1. The number of imidazole rings is 1. The molecule has 1 aliphatic carbocycles. The number of nitrogens with zero attached hydrogens (tertiary/aromatic N) is 8. The molecule has 1 saturated heterocycles. The fraction of sp³-hybridized carbons (Fsp3) is 0.372. The molecule has 4 atom stereocenters. The van der Waals surface area contributed by atoms with E-state index in [0.29, 0.717) is 54.5 Å². The first kappa shape index (κ1) is 45.2.